The lowest BCUT2D eigenvalue weighted by Crippen LogP contribution is -2.57. The van der Waals surface area contributed by atoms with Gasteiger partial charge in [0, 0.05) is 53.1 Å². The van der Waals surface area contributed by atoms with Crippen molar-refractivity contribution in [3.8, 4) is 22.9 Å². The molecule has 67 heavy (non-hydrogen) atoms. The summed E-state index contributed by atoms with van der Waals surface area (Å²) in [4.78, 5) is 86.9. The quantitative estimate of drug-likeness (QED) is 0.0566. The Labute approximate surface area is 397 Å². The maximum atomic E-state index is 15.0. The SMILES string of the molecule is CCc1csc(NC(C(=O)N2C[C@@H](Oc3cc(-c4csc(NC(C)C)n4)nc4cc(OC)ccc34)C[C@H]2C(=O)N[C@@]23C[C@@H]2/C=C/CCCCC(=O)Nc2ccccc2NC(=O)C3=O)C(C)C)n1. The van der Waals surface area contributed by atoms with Crippen LogP contribution in [0.15, 0.2) is 71.4 Å². The zero-order valence-electron chi connectivity index (χ0n) is 38.5. The van der Waals surface area contributed by atoms with E-state index in [1.807, 2.05) is 81.8 Å². The van der Waals surface area contributed by atoms with Gasteiger partial charge in [-0.1, -0.05) is 45.1 Å². The van der Waals surface area contributed by atoms with Crippen LogP contribution in [0.5, 0.6) is 11.5 Å². The lowest BCUT2D eigenvalue weighted by molar-refractivity contribution is -0.142. The Kier molecular flexibility index (Phi) is 14.2. The Bertz CT molecular complexity index is 2700. The van der Waals surface area contributed by atoms with Crippen molar-refractivity contribution >= 4 is 84.6 Å². The van der Waals surface area contributed by atoms with E-state index in [1.54, 1.807) is 31.4 Å². The van der Waals surface area contributed by atoms with Crippen molar-refractivity contribution in [2.24, 2.45) is 11.8 Å². The van der Waals surface area contributed by atoms with E-state index in [1.165, 1.54) is 27.6 Å². The van der Waals surface area contributed by atoms with Gasteiger partial charge in [0.05, 0.1) is 41.9 Å². The summed E-state index contributed by atoms with van der Waals surface area (Å²) in [5, 5.41) is 21.2. The third-order valence-corrected chi connectivity index (χ3v) is 13.8. The van der Waals surface area contributed by atoms with Gasteiger partial charge in [0.25, 0.3) is 5.91 Å². The number of thiazole rings is 2. The van der Waals surface area contributed by atoms with Gasteiger partial charge in [-0.05, 0) is 76.1 Å². The van der Waals surface area contributed by atoms with Crippen molar-refractivity contribution in [2.45, 2.75) is 109 Å². The summed E-state index contributed by atoms with van der Waals surface area (Å²) < 4.78 is 12.4. The molecule has 3 aromatic heterocycles. The number of carbonyl (C=O) groups is 5. The van der Waals surface area contributed by atoms with Crippen molar-refractivity contribution in [2.75, 3.05) is 34.9 Å². The molecule has 5 atom stereocenters. The van der Waals surface area contributed by atoms with Gasteiger partial charge in [-0.3, -0.25) is 24.0 Å². The summed E-state index contributed by atoms with van der Waals surface area (Å²) >= 11 is 2.88. The predicted molar refractivity (Wildman–Crippen MR) is 262 cm³/mol. The number of Topliss-reactive ketones (excluding diaryl/α,β-unsaturated/α-hetero) is 1. The van der Waals surface area contributed by atoms with Crippen molar-refractivity contribution in [3.63, 3.8) is 0 Å². The van der Waals surface area contributed by atoms with E-state index in [9.17, 15) is 24.0 Å². The van der Waals surface area contributed by atoms with Crippen LogP contribution in [0.4, 0.5) is 21.6 Å². The summed E-state index contributed by atoms with van der Waals surface area (Å²) in [6.07, 6.45) is 6.45. The number of ether oxygens (including phenoxy) is 2. The molecule has 1 saturated heterocycles. The highest BCUT2D eigenvalue weighted by Gasteiger charge is 2.62. The Morgan fingerprint density at radius 1 is 0.925 bits per heavy atom. The molecule has 2 aliphatic heterocycles. The first-order valence-corrected chi connectivity index (χ1v) is 24.6. The number of pyridine rings is 1. The molecular weight excluding hydrogens is 891 g/mol. The second-order valence-electron chi connectivity index (χ2n) is 17.9. The molecule has 5 aromatic rings. The number of carbonyl (C=O) groups excluding carboxylic acids is 5. The van der Waals surface area contributed by atoms with Gasteiger partial charge in [0.1, 0.15) is 40.9 Å². The number of likely N-dealkylation sites (tertiary alicyclic amines) is 1. The van der Waals surface area contributed by atoms with Gasteiger partial charge >= 0.3 is 0 Å². The summed E-state index contributed by atoms with van der Waals surface area (Å²) in [7, 11) is 1.59. The Balaban J connectivity index is 1.12. The minimum absolute atomic E-state index is 0.0433. The maximum Gasteiger partial charge on any atom is 0.294 e. The highest BCUT2D eigenvalue weighted by atomic mass is 32.1. The predicted octanol–water partition coefficient (Wildman–Crippen LogP) is 7.84. The number of aryl methyl sites for hydroxylation is 1. The number of para-hydroxylation sites is 2. The van der Waals surface area contributed by atoms with E-state index in [0.717, 1.165) is 23.7 Å². The summed E-state index contributed by atoms with van der Waals surface area (Å²) in [6.45, 7) is 10.0. The molecule has 2 fully saturated rings. The molecule has 352 valence electrons. The topological polar surface area (TPSA) is 206 Å². The van der Waals surface area contributed by atoms with Crippen LogP contribution in [-0.2, 0) is 30.4 Å². The Morgan fingerprint density at radius 2 is 1.69 bits per heavy atom. The van der Waals surface area contributed by atoms with Crippen LogP contribution in [0, 0.1) is 11.8 Å². The highest BCUT2D eigenvalue weighted by Crippen LogP contribution is 2.47. The number of hydrogen-bond donors (Lipinski definition) is 5. The number of rotatable bonds is 13. The number of nitrogens with zero attached hydrogens (tertiary/aromatic N) is 4. The minimum Gasteiger partial charge on any atom is -0.497 e. The normalized spacial score (nSPS) is 21.9. The number of allylic oxidation sites excluding steroid dienone is 1. The monoisotopic (exact) mass is 947 g/mol. The van der Waals surface area contributed by atoms with E-state index in [-0.39, 0.29) is 48.8 Å². The lowest BCUT2D eigenvalue weighted by atomic mass is 10.0. The van der Waals surface area contributed by atoms with Gasteiger partial charge in [-0.25, -0.2) is 15.0 Å². The molecule has 0 radical (unpaired) electrons. The molecular formula is C49H57N9O7S2. The fraction of sp³-hybridized carbons (Fsp3) is 0.429. The van der Waals surface area contributed by atoms with E-state index in [0.29, 0.717) is 63.9 Å². The third kappa shape index (κ3) is 10.6. The second kappa shape index (κ2) is 20.2. The number of aromatic nitrogens is 3. The number of anilines is 4. The van der Waals surface area contributed by atoms with E-state index in [2.05, 4.69) is 31.6 Å². The lowest BCUT2D eigenvalue weighted by Gasteiger charge is -2.31. The zero-order chi connectivity index (χ0) is 47.4. The van der Waals surface area contributed by atoms with Crippen LogP contribution in [0.1, 0.15) is 78.8 Å². The number of ketones is 1. The van der Waals surface area contributed by atoms with Crippen LogP contribution in [0.25, 0.3) is 22.3 Å². The maximum absolute atomic E-state index is 15.0. The molecule has 0 bridgehead atoms. The van der Waals surface area contributed by atoms with E-state index >= 15 is 0 Å². The largest absolute Gasteiger partial charge is 0.497 e. The number of hydrogen-bond acceptors (Lipinski definition) is 14. The molecule has 2 aromatic carbocycles. The van der Waals surface area contributed by atoms with Gasteiger partial charge in [-0.2, -0.15) is 0 Å². The average molecular weight is 948 g/mol. The smallest absolute Gasteiger partial charge is 0.294 e. The van der Waals surface area contributed by atoms with Crippen LogP contribution in [0.3, 0.4) is 0 Å². The zero-order valence-corrected chi connectivity index (χ0v) is 40.1. The van der Waals surface area contributed by atoms with Crippen LogP contribution in [0.2, 0.25) is 0 Å². The van der Waals surface area contributed by atoms with Crippen molar-refractivity contribution in [1.29, 1.82) is 0 Å². The third-order valence-electron chi connectivity index (χ3n) is 12.2. The standard InChI is InChI=1S/C49H57N9O7S2/c1-7-30-25-66-48(51-30)56-42(27(2)3)46(63)58-24-32(65-40-22-37(38-26-67-47(55-38)50-28(4)5)52-36-20-31(64-6)18-19-33(36)40)21-39(58)44(61)57-49-23-29(49)14-10-8-9-11-17-41(59)53-34-15-12-13-16-35(34)54-45(62)43(49)60/h10,12-16,18-20,22,25-29,32,39,42H,7-9,11,17,21,23-24H2,1-6H3,(H,50,55)(H,51,56)(H,53,59)(H,54,62)(H,57,61)/b14-10+/t29-,32-,39-,42?,49-/m0/s1. The molecule has 5 N–H and O–H groups in total. The van der Waals surface area contributed by atoms with Gasteiger partial charge in [0.15, 0.2) is 10.3 Å². The fourth-order valence-corrected chi connectivity index (χ4v) is 10.2. The first-order chi connectivity index (χ1) is 32.2. The Morgan fingerprint density at radius 3 is 2.42 bits per heavy atom. The number of methoxy groups -OCH3 is 1. The minimum atomic E-state index is -1.57. The van der Waals surface area contributed by atoms with Gasteiger partial charge < -0.3 is 41.0 Å². The molecule has 1 saturated carbocycles. The number of benzene rings is 2. The number of amides is 4. The fourth-order valence-electron chi connectivity index (χ4n) is 8.54. The molecule has 16 nitrogen and oxygen atoms in total. The van der Waals surface area contributed by atoms with Crippen molar-refractivity contribution in [3.05, 3.63) is 77.1 Å². The molecule has 3 aliphatic rings. The molecule has 4 amide bonds. The number of nitrogens with one attached hydrogen (secondary N) is 5. The van der Waals surface area contributed by atoms with Crippen LogP contribution >= 0.6 is 22.7 Å². The summed E-state index contributed by atoms with van der Waals surface area (Å²) in [5.74, 6) is -2.47. The highest BCUT2D eigenvalue weighted by molar-refractivity contribution is 7.14. The van der Waals surface area contributed by atoms with Crippen molar-refractivity contribution in [1.82, 2.24) is 25.2 Å². The summed E-state index contributed by atoms with van der Waals surface area (Å²) in [5.41, 5.74) is 1.78. The Hall–Kier alpha value is -6.40. The number of fused-ring (bicyclic) bond motifs is 3. The van der Waals surface area contributed by atoms with Crippen LogP contribution < -0.4 is 36.1 Å². The second-order valence-corrected chi connectivity index (χ2v) is 19.6. The molecule has 0 spiro atoms. The van der Waals surface area contributed by atoms with Crippen LogP contribution in [-0.4, -0.2) is 92.7 Å². The van der Waals surface area contributed by atoms with Crippen molar-refractivity contribution < 1.29 is 33.4 Å². The summed E-state index contributed by atoms with van der Waals surface area (Å²) in [6, 6.07) is 12.4. The molecule has 5 heterocycles. The molecule has 18 heteroatoms. The first kappa shape index (κ1) is 47.1. The molecule has 1 aliphatic carbocycles. The molecule has 8 rings (SSSR count). The van der Waals surface area contributed by atoms with Gasteiger partial charge in [-0.15, -0.1) is 22.7 Å². The van der Waals surface area contributed by atoms with E-state index in [4.69, 9.17) is 19.4 Å². The van der Waals surface area contributed by atoms with Gasteiger partial charge in [0.2, 0.25) is 23.5 Å². The molecule has 1 unspecified atom stereocenters. The first-order valence-electron chi connectivity index (χ1n) is 22.9. The van der Waals surface area contributed by atoms with E-state index < -0.39 is 47.2 Å². The average Bonchev–Trinajstić information content (AvgIpc) is 3.70.